The lowest BCUT2D eigenvalue weighted by molar-refractivity contribution is 0.375. The van der Waals surface area contributed by atoms with Gasteiger partial charge in [0.15, 0.2) is 0 Å². The van der Waals surface area contributed by atoms with Gasteiger partial charge in [0.1, 0.15) is 4.90 Å². The molecular weight excluding hydrogens is 372 g/mol. The number of hydrogen-bond donors (Lipinski definition) is 1. The topological polar surface area (TPSA) is 49.4 Å². The van der Waals surface area contributed by atoms with Crippen LogP contribution in [0, 0.1) is 5.41 Å². The van der Waals surface area contributed by atoms with Gasteiger partial charge in [-0.2, -0.15) is 4.31 Å². The van der Waals surface area contributed by atoms with Gasteiger partial charge in [-0.3, -0.25) is 0 Å². The largest absolute Gasteiger partial charge is 0.310 e. The summed E-state index contributed by atoms with van der Waals surface area (Å²) >= 11 is 4.91. The van der Waals surface area contributed by atoms with E-state index in [2.05, 4.69) is 48.9 Å². The van der Waals surface area contributed by atoms with Crippen LogP contribution in [-0.4, -0.2) is 31.9 Å². The third kappa shape index (κ3) is 4.07. The number of rotatable bonds is 5. The minimum atomic E-state index is -3.39. The van der Waals surface area contributed by atoms with Crippen molar-refractivity contribution in [2.45, 2.75) is 51.6 Å². The van der Waals surface area contributed by atoms with E-state index in [0.29, 0.717) is 34.4 Å². The molecule has 2 rings (SSSR count). The summed E-state index contributed by atoms with van der Waals surface area (Å²) < 4.78 is 27.9. The van der Waals surface area contributed by atoms with Crippen molar-refractivity contribution in [1.82, 2.24) is 9.62 Å². The minimum absolute atomic E-state index is 0.0671. The normalized spacial score (nSPS) is 19.5. The highest BCUT2D eigenvalue weighted by Crippen LogP contribution is 2.37. The number of thiophene rings is 1. The standard InChI is InChI=1S/C14H23BrN2O2S2/c1-10(2)16-8-11-7-12(13(15)20-11)21(18,19)17-6-5-14(3,4)9-17/h7,10,16H,5-6,8-9H2,1-4H3. The molecule has 1 fully saturated rings. The van der Waals surface area contributed by atoms with E-state index in [1.165, 1.54) is 11.3 Å². The van der Waals surface area contributed by atoms with Gasteiger partial charge in [-0.05, 0) is 33.8 Å². The third-order valence-electron chi connectivity index (χ3n) is 3.65. The van der Waals surface area contributed by atoms with Gasteiger partial charge in [-0.25, -0.2) is 8.42 Å². The number of nitrogens with zero attached hydrogens (tertiary/aromatic N) is 1. The van der Waals surface area contributed by atoms with Crippen LogP contribution in [0.15, 0.2) is 14.7 Å². The fourth-order valence-electron chi connectivity index (χ4n) is 2.37. The van der Waals surface area contributed by atoms with Crippen LogP contribution in [0.4, 0.5) is 0 Å². The maximum absolute atomic E-state index is 12.8. The molecule has 0 unspecified atom stereocenters. The van der Waals surface area contributed by atoms with Crippen LogP contribution in [0.1, 0.15) is 39.0 Å². The fraction of sp³-hybridized carbons (Fsp3) is 0.714. The van der Waals surface area contributed by atoms with E-state index in [1.54, 1.807) is 10.4 Å². The first-order valence-corrected chi connectivity index (χ1v) is 10.2. The van der Waals surface area contributed by atoms with E-state index in [-0.39, 0.29) is 5.41 Å². The minimum Gasteiger partial charge on any atom is -0.310 e. The quantitative estimate of drug-likeness (QED) is 0.831. The summed E-state index contributed by atoms with van der Waals surface area (Å²) in [7, 11) is -3.39. The van der Waals surface area contributed by atoms with Crippen molar-refractivity contribution in [2.24, 2.45) is 5.41 Å². The summed E-state index contributed by atoms with van der Waals surface area (Å²) in [5.74, 6) is 0. The van der Waals surface area contributed by atoms with Gasteiger partial charge >= 0.3 is 0 Å². The Kier molecular flexibility index (Phi) is 5.20. The molecule has 120 valence electrons. The Bertz CT molecular complexity index is 608. The van der Waals surface area contributed by atoms with E-state index in [1.807, 2.05) is 0 Å². The molecule has 7 heteroatoms. The maximum Gasteiger partial charge on any atom is 0.245 e. The molecule has 1 aliphatic heterocycles. The second-order valence-electron chi connectivity index (χ2n) is 6.64. The Balaban J connectivity index is 2.21. The fourth-order valence-corrected chi connectivity index (χ4v) is 6.59. The van der Waals surface area contributed by atoms with E-state index >= 15 is 0 Å². The number of hydrogen-bond acceptors (Lipinski definition) is 4. The van der Waals surface area contributed by atoms with Crippen LogP contribution in [0.5, 0.6) is 0 Å². The van der Waals surface area contributed by atoms with Crippen molar-refractivity contribution in [1.29, 1.82) is 0 Å². The lowest BCUT2D eigenvalue weighted by Crippen LogP contribution is -2.30. The van der Waals surface area contributed by atoms with Crippen molar-refractivity contribution in [2.75, 3.05) is 13.1 Å². The zero-order valence-electron chi connectivity index (χ0n) is 12.9. The second kappa shape index (κ2) is 6.28. The Morgan fingerprint density at radius 2 is 2.14 bits per heavy atom. The highest BCUT2D eigenvalue weighted by atomic mass is 79.9. The van der Waals surface area contributed by atoms with Gasteiger partial charge in [-0.1, -0.05) is 27.7 Å². The van der Waals surface area contributed by atoms with Gasteiger partial charge in [0.25, 0.3) is 0 Å². The molecule has 0 aliphatic carbocycles. The van der Waals surface area contributed by atoms with Crippen molar-refractivity contribution < 1.29 is 8.42 Å². The van der Waals surface area contributed by atoms with Crippen LogP contribution < -0.4 is 5.32 Å². The summed E-state index contributed by atoms with van der Waals surface area (Å²) in [6.07, 6.45) is 0.912. The zero-order valence-corrected chi connectivity index (χ0v) is 16.2. The lowest BCUT2D eigenvalue weighted by atomic mass is 9.93. The molecule has 1 aromatic rings. The highest BCUT2D eigenvalue weighted by Gasteiger charge is 2.38. The Morgan fingerprint density at radius 1 is 1.48 bits per heavy atom. The average Bonchev–Trinajstić information content (AvgIpc) is 2.90. The molecular formula is C14H23BrN2O2S2. The van der Waals surface area contributed by atoms with Crippen LogP contribution in [0.25, 0.3) is 0 Å². The predicted octanol–water partition coefficient (Wildman–Crippen LogP) is 3.43. The molecule has 0 radical (unpaired) electrons. The second-order valence-corrected chi connectivity index (χ2v) is 11.0. The predicted molar refractivity (Wildman–Crippen MR) is 91.2 cm³/mol. The van der Waals surface area contributed by atoms with Crippen LogP contribution >= 0.6 is 27.3 Å². The molecule has 4 nitrogen and oxygen atoms in total. The molecule has 0 bridgehead atoms. The zero-order chi connectivity index (χ0) is 15.8. The maximum atomic E-state index is 12.8. The van der Waals surface area contributed by atoms with Gasteiger partial charge in [0, 0.05) is 30.6 Å². The molecule has 0 spiro atoms. The summed E-state index contributed by atoms with van der Waals surface area (Å²) in [4.78, 5) is 1.44. The Morgan fingerprint density at radius 3 is 2.67 bits per heavy atom. The summed E-state index contributed by atoms with van der Waals surface area (Å²) in [6.45, 7) is 10.3. The molecule has 1 N–H and O–H groups in total. The lowest BCUT2D eigenvalue weighted by Gasteiger charge is -2.19. The summed E-state index contributed by atoms with van der Waals surface area (Å²) in [5, 5.41) is 3.32. The van der Waals surface area contributed by atoms with Crippen LogP contribution in [0.3, 0.4) is 0 Å². The van der Waals surface area contributed by atoms with Crippen molar-refractivity contribution in [3.8, 4) is 0 Å². The average molecular weight is 395 g/mol. The first-order chi connectivity index (χ1) is 9.62. The Labute approximate surface area is 140 Å². The van der Waals surface area contributed by atoms with Gasteiger partial charge in [0.2, 0.25) is 10.0 Å². The van der Waals surface area contributed by atoms with Crippen molar-refractivity contribution in [3.63, 3.8) is 0 Å². The summed E-state index contributed by atoms with van der Waals surface area (Å²) in [5.41, 5.74) is 0.0671. The molecule has 0 amide bonds. The molecule has 0 saturated carbocycles. The van der Waals surface area contributed by atoms with Gasteiger partial charge < -0.3 is 5.32 Å². The third-order valence-corrected chi connectivity index (χ3v) is 7.75. The molecule has 21 heavy (non-hydrogen) atoms. The molecule has 1 aliphatic rings. The van der Waals surface area contributed by atoms with Crippen LogP contribution in [0.2, 0.25) is 0 Å². The van der Waals surface area contributed by atoms with E-state index in [4.69, 9.17) is 0 Å². The number of halogens is 1. The molecule has 1 saturated heterocycles. The van der Waals surface area contributed by atoms with E-state index in [0.717, 1.165) is 11.3 Å². The van der Waals surface area contributed by atoms with E-state index in [9.17, 15) is 8.42 Å². The molecule has 0 atom stereocenters. The molecule has 0 aromatic carbocycles. The number of sulfonamides is 1. The monoisotopic (exact) mass is 394 g/mol. The molecule has 2 heterocycles. The summed E-state index contributed by atoms with van der Waals surface area (Å²) in [6, 6.07) is 2.18. The van der Waals surface area contributed by atoms with Crippen molar-refractivity contribution in [3.05, 3.63) is 14.7 Å². The smallest absolute Gasteiger partial charge is 0.245 e. The van der Waals surface area contributed by atoms with Gasteiger partial charge in [-0.15, -0.1) is 11.3 Å². The van der Waals surface area contributed by atoms with Gasteiger partial charge in [0.05, 0.1) is 3.79 Å². The van der Waals surface area contributed by atoms with Crippen LogP contribution in [-0.2, 0) is 16.6 Å². The van der Waals surface area contributed by atoms with Crippen molar-refractivity contribution >= 4 is 37.3 Å². The first-order valence-electron chi connectivity index (χ1n) is 7.13. The molecule has 1 aromatic heterocycles. The van der Waals surface area contributed by atoms with E-state index < -0.39 is 10.0 Å². The first kappa shape index (κ1) is 17.4. The Hall–Kier alpha value is 0.0500. The SMILES string of the molecule is CC(C)NCc1cc(S(=O)(=O)N2CCC(C)(C)C2)c(Br)s1. The highest BCUT2D eigenvalue weighted by molar-refractivity contribution is 9.11. The number of nitrogens with one attached hydrogen (secondary N) is 1.